The van der Waals surface area contributed by atoms with Crippen LogP contribution in [0.3, 0.4) is 0 Å². The van der Waals surface area contributed by atoms with Crippen LogP contribution in [0.15, 0.2) is 24.3 Å². The van der Waals surface area contributed by atoms with Crippen LogP contribution in [0.5, 0.6) is 5.75 Å². The number of benzene rings is 1. The zero-order valence-electron chi connectivity index (χ0n) is 13.4. The van der Waals surface area contributed by atoms with E-state index in [2.05, 4.69) is 10.4 Å². The number of nitro groups is 1. The van der Waals surface area contributed by atoms with Gasteiger partial charge in [-0.1, -0.05) is 12.1 Å². The number of methoxy groups -OCH3 is 1. The Morgan fingerprint density at radius 1 is 1.39 bits per heavy atom. The molecule has 2 aromatic rings. The van der Waals surface area contributed by atoms with Gasteiger partial charge in [0.15, 0.2) is 0 Å². The number of anilines is 1. The summed E-state index contributed by atoms with van der Waals surface area (Å²) in [5, 5.41) is 17.9. The van der Waals surface area contributed by atoms with Crippen molar-refractivity contribution < 1.29 is 14.5 Å². The lowest BCUT2D eigenvalue weighted by Crippen LogP contribution is -2.25. The number of rotatable bonds is 5. The number of aromatic nitrogens is 2. The van der Waals surface area contributed by atoms with Crippen LogP contribution in [0.25, 0.3) is 0 Å². The fourth-order valence-electron chi connectivity index (χ4n) is 2.39. The number of carbonyl (C=O) groups excluding carboxylic acids is 1. The quantitative estimate of drug-likeness (QED) is 0.675. The first kappa shape index (κ1) is 16.5. The number of aryl methyl sites for hydroxylation is 1. The zero-order valence-corrected chi connectivity index (χ0v) is 13.4. The van der Waals surface area contributed by atoms with E-state index in [0.29, 0.717) is 17.1 Å². The Balaban J connectivity index is 2.27. The molecule has 1 aromatic heterocycles. The van der Waals surface area contributed by atoms with E-state index in [0.717, 1.165) is 0 Å². The molecule has 0 saturated heterocycles. The third-order valence-electron chi connectivity index (χ3n) is 3.58. The highest BCUT2D eigenvalue weighted by atomic mass is 16.6. The Kier molecular flexibility index (Phi) is 4.63. The summed E-state index contributed by atoms with van der Waals surface area (Å²) < 4.78 is 6.54. The second-order valence-corrected chi connectivity index (χ2v) is 5.09. The van der Waals surface area contributed by atoms with Crippen molar-refractivity contribution in [2.45, 2.75) is 26.8 Å². The van der Waals surface area contributed by atoms with E-state index in [1.54, 1.807) is 45.0 Å². The van der Waals surface area contributed by atoms with Crippen LogP contribution in [-0.4, -0.2) is 27.7 Å². The number of carbonyl (C=O) groups is 1. The normalized spacial score (nSPS) is 11.8. The number of para-hydroxylation sites is 2. The summed E-state index contributed by atoms with van der Waals surface area (Å²) in [4.78, 5) is 23.0. The second kappa shape index (κ2) is 6.47. The minimum absolute atomic E-state index is 0.0676. The van der Waals surface area contributed by atoms with E-state index >= 15 is 0 Å². The number of ether oxygens (including phenoxy) is 1. The Morgan fingerprint density at radius 3 is 2.61 bits per heavy atom. The fourth-order valence-corrected chi connectivity index (χ4v) is 2.39. The van der Waals surface area contributed by atoms with Gasteiger partial charge in [-0.3, -0.25) is 19.6 Å². The second-order valence-electron chi connectivity index (χ2n) is 5.09. The Hall–Kier alpha value is -2.90. The minimum Gasteiger partial charge on any atom is -0.495 e. The third-order valence-corrected chi connectivity index (χ3v) is 3.58. The average molecular weight is 318 g/mol. The summed E-state index contributed by atoms with van der Waals surface area (Å²) in [5.41, 5.74) is 1.09. The molecule has 0 unspecified atom stereocenters. The summed E-state index contributed by atoms with van der Waals surface area (Å²) in [7, 11) is 1.51. The molecule has 0 spiro atoms. The molecule has 0 aliphatic carbocycles. The molecule has 2 rings (SSSR count). The van der Waals surface area contributed by atoms with Gasteiger partial charge in [0.25, 0.3) is 0 Å². The summed E-state index contributed by atoms with van der Waals surface area (Å²) in [6.07, 6.45) is 0. The molecule has 1 aromatic carbocycles. The Labute approximate surface area is 133 Å². The third kappa shape index (κ3) is 3.15. The molecule has 0 bridgehead atoms. The molecule has 8 nitrogen and oxygen atoms in total. The topological polar surface area (TPSA) is 99.3 Å². The lowest BCUT2D eigenvalue weighted by molar-refractivity contribution is -0.386. The van der Waals surface area contributed by atoms with Crippen molar-refractivity contribution in [3.05, 3.63) is 45.8 Å². The van der Waals surface area contributed by atoms with Crippen molar-refractivity contribution >= 4 is 17.3 Å². The van der Waals surface area contributed by atoms with Gasteiger partial charge in [-0.2, -0.15) is 5.10 Å². The molecule has 0 fully saturated rings. The number of amides is 1. The van der Waals surface area contributed by atoms with Crippen molar-refractivity contribution in [1.82, 2.24) is 9.78 Å². The van der Waals surface area contributed by atoms with Crippen molar-refractivity contribution in [3.8, 4) is 5.75 Å². The first-order valence-electron chi connectivity index (χ1n) is 7.00. The van der Waals surface area contributed by atoms with Gasteiger partial charge in [-0.05, 0) is 32.9 Å². The summed E-state index contributed by atoms with van der Waals surface area (Å²) in [5.74, 6) is 0.197. The molecule has 8 heteroatoms. The molecule has 1 atom stereocenters. The molecule has 0 radical (unpaired) electrons. The van der Waals surface area contributed by atoms with Gasteiger partial charge in [-0.15, -0.1) is 0 Å². The average Bonchev–Trinajstić information content (AvgIpc) is 2.81. The largest absolute Gasteiger partial charge is 0.495 e. The maximum Gasteiger partial charge on any atom is 0.312 e. The van der Waals surface area contributed by atoms with Gasteiger partial charge in [0.05, 0.1) is 17.7 Å². The van der Waals surface area contributed by atoms with Gasteiger partial charge < -0.3 is 10.1 Å². The monoisotopic (exact) mass is 318 g/mol. The molecule has 0 aliphatic rings. The van der Waals surface area contributed by atoms with Crippen LogP contribution in [0, 0.1) is 24.0 Å². The number of nitrogens with one attached hydrogen (secondary N) is 1. The Morgan fingerprint density at radius 2 is 2.04 bits per heavy atom. The lowest BCUT2D eigenvalue weighted by atomic mass is 10.2. The molecule has 1 amide bonds. The molecule has 1 heterocycles. The number of nitrogens with zero attached hydrogens (tertiary/aromatic N) is 3. The predicted molar refractivity (Wildman–Crippen MR) is 84.7 cm³/mol. The molecule has 122 valence electrons. The van der Waals surface area contributed by atoms with Crippen LogP contribution < -0.4 is 10.1 Å². The smallest absolute Gasteiger partial charge is 0.312 e. The van der Waals surface area contributed by atoms with Crippen LogP contribution in [0.1, 0.15) is 24.4 Å². The zero-order chi connectivity index (χ0) is 17.1. The number of hydrogen-bond donors (Lipinski definition) is 1. The van der Waals surface area contributed by atoms with Crippen LogP contribution in [-0.2, 0) is 4.79 Å². The first-order valence-corrected chi connectivity index (χ1v) is 7.00. The molecule has 0 aliphatic heterocycles. The van der Waals surface area contributed by atoms with Crippen molar-refractivity contribution in [2.75, 3.05) is 12.4 Å². The predicted octanol–water partition coefficient (Wildman–Crippen LogP) is 2.62. The molecule has 1 N–H and O–H groups in total. The highest BCUT2D eigenvalue weighted by molar-refractivity contribution is 5.94. The van der Waals surface area contributed by atoms with E-state index in [-0.39, 0.29) is 17.3 Å². The molecule has 23 heavy (non-hydrogen) atoms. The van der Waals surface area contributed by atoms with Crippen molar-refractivity contribution in [2.24, 2.45) is 0 Å². The first-order chi connectivity index (χ1) is 10.9. The SMILES string of the molecule is COc1ccccc1NC(=O)[C@@H](C)n1nc(C)c([N+](=O)[O-])c1C. The highest BCUT2D eigenvalue weighted by Gasteiger charge is 2.27. The van der Waals surface area contributed by atoms with Gasteiger partial charge in [-0.25, -0.2) is 0 Å². The van der Waals surface area contributed by atoms with Crippen molar-refractivity contribution in [3.63, 3.8) is 0 Å². The maximum absolute atomic E-state index is 12.4. The highest BCUT2D eigenvalue weighted by Crippen LogP contribution is 2.27. The van der Waals surface area contributed by atoms with E-state index in [1.807, 2.05) is 0 Å². The molecule has 0 saturated carbocycles. The Bertz CT molecular complexity index is 754. The summed E-state index contributed by atoms with van der Waals surface area (Å²) >= 11 is 0. The van der Waals surface area contributed by atoms with Gasteiger partial charge in [0, 0.05) is 0 Å². The fraction of sp³-hybridized carbons (Fsp3) is 0.333. The van der Waals surface area contributed by atoms with Gasteiger partial charge in [0.1, 0.15) is 23.2 Å². The van der Waals surface area contributed by atoms with Crippen LogP contribution >= 0.6 is 0 Å². The van der Waals surface area contributed by atoms with E-state index in [1.165, 1.54) is 11.8 Å². The summed E-state index contributed by atoms with van der Waals surface area (Å²) in [6.45, 7) is 4.76. The maximum atomic E-state index is 12.4. The summed E-state index contributed by atoms with van der Waals surface area (Å²) in [6, 6.07) is 6.31. The standard InChI is InChI=1S/C15H18N4O4/c1-9-14(19(21)22)10(2)18(17-9)11(3)15(20)16-12-7-5-6-8-13(12)23-4/h5-8,11H,1-4H3,(H,16,20)/t11-/m1/s1. The van der Waals surface area contributed by atoms with Gasteiger partial charge in [0.2, 0.25) is 5.91 Å². The van der Waals surface area contributed by atoms with Gasteiger partial charge >= 0.3 is 5.69 Å². The molecular formula is C15H18N4O4. The minimum atomic E-state index is -0.702. The van der Waals surface area contributed by atoms with Crippen LogP contribution in [0.2, 0.25) is 0 Å². The van der Waals surface area contributed by atoms with Crippen molar-refractivity contribution in [1.29, 1.82) is 0 Å². The van der Waals surface area contributed by atoms with E-state index in [4.69, 9.17) is 4.74 Å². The molecular weight excluding hydrogens is 300 g/mol. The van der Waals surface area contributed by atoms with Crippen LogP contribution in [0.4, 0.5) is 11.4 Å². The van der Waals surface area contributed by atoms with E-state index in [9.17, 15) is 14.9 Å². The van der Waals surface area contributed by atoms with E-state index < -0.39 is 11.0 Å². The lowest BCUT2D eigenvalue weighted by Gasteiger charge is -2.15. The number of hydrogen-bond acceptors (Lipinski definition) is 5.